The molecule has 0 aliphatic rings. The second kappa shape index (κ2) is 4.47. The Labute approximate surface area is 89.9 Å². The van der Waals surface area contributed by atoms with Gasteiger partial charge in [-0.15, -0.1) is 0 Å². The Morgan fingerprint density at radius 3 is 2.53 bits per heavy atom. The summed E-state index contributed by atoms with van der Waals surface area (Å²) in [5, 5.41) is 10.4. The van der Waals surface area contributed by atoms with Crippen LogP contribution in [0.15, 0.2) is 16.6 Å². The quantitative estimate of drug-likeness (QED) is 0.633. The first-order chi connectivity index (χ1) is 6.93. The standard InChI is InChI=1S/C7H3BrF3NO3/c8-3-1-2-4(15-7(10)11)5(9)6(3)12(13)14/h1-2,7H. The third-order valence-electron chi connectivity index (χ3n) is 1.43. The number of hydrogen-bond donors (Lipinski definition) is 0. The average Bonchev–Trinajstić information content (AvgIpc) is 2.09. The molecule has 1 aromatic rings. The van der Waals surface area contributed by atoms with Gasteiger partial charge in [-0.1, -0.05) is 0 Å². The molecule has 0 spiro atoms. The summed E-state index contributed by atoms with van der Waals surface area (Å²) in [6.45, 7) is -3.24. The van der Waals surface area contributed by atoms with Crippen molar-refractivity contribution in [3.05, 3.63) is 32.5 Å². The number of nitro benzene ring substituents is 1. The fraction of sp³-hybridized carbons (Fsp3) is 0.143. The summed E-state index contributed by atoms with van der Waals surface area (Å²) < 4.78 is 40.4. The molecule has 0 radical (unpaired) electrons. The van der Waals surface area contributed by atoms with Gasteiger partial charge < -0.3 is 4.74 Å². The van der Waals surface area contributed by atoms with Crippen molar-refractivity contribution in [2.45, 2.75) is 6.61 Å². The van der Waals surface area contributed by atoms with E-state index in [2.05, 4.69) is 20.7 Å². The molecule has 0 aliphatic heterocycles. The summed E-state index contributed by atoms with van der Waals surface area (Å²) in [4.78, 5) is 9.34. The zero-order valence-corrected chi connectivity index (χ0v) is 8.50. The van der Waals surface area contributed by atoms with Crippen molar-refractivity contribution in [3.8, 4) is 5.75 Å². The zero-order chi connectivity index (χ0) is 11.6. The molecule has 0 saturated carbocycles. The number of rotatable bonds is 3. The van der Waals surface area contributed by atoms with Gasteiger partial charge in [0.2, 0.25) is 5.82 Å². The molecule has 1 aromatic carbocycles. The molecule has 82 valence electrons. The van der Waals surface area contributed by atoms with Gasteiger partial charge in [0, 0.05) is 0 Å². The van der Waals surface area contributed by atoms with Crippen LogP contribution in [0.2, 0.25) is 0 Å². The van der Waals surface area contributed by atoms with Crippen molar-refractivity contribution in [2.75, 3.05) is 0 Å². The van der Waals surface area contributed by atoms with Gasteiger partial charge in [0.1, 0.15) is 0 Å². The number of nitrogens with zero attached hydrogens (tertiary/aromatic N) is 1. The van der Waals surface area contributed by atoms with Gasteiger partial charge in [-0.3, -0.25) is 10.1 Å². The number of hydrogen-bond acceptors (Lipinski definition) is 3. The van der Waals surface area contributed by atoms with E-state index in [0.717, 1.165) is 12.1 Å². The highest BCUT2D eigenvalue weighted by Crippen LogP contribution is 2.34. The monoisotopic (exact) mass is 285 g/mol. The summed E-state index contributed by atoms with van der Waals surface area (Å²) in [7, 11) is 0. The minimum absolute atomic E-state index is 0.147. The smallest absolute Gasteiger partial charge is 0.387 e. The van der Waals surface area contributed by atoms with Crippen LogP contribution in [-0.2, 0) is 0 Å². The van der Waals surface area contributed by atoms with Crippen LogP contribution in [0.5, 0.6) is 5.75 Å². The van der Waals surface area contributed by atoms with Gasteiger partial charge in [0.15, 0.2) is 5.75 Å². The van der Waals surface area contributed by atoms with Gasteiger partial charge in [-0.05, 0) is 28.1 Å². The predicted molar refractivity (Wildman–Crippen MR) is 47.4 cm³/mol. The molecule has 1 rings (SSSR count). The molecule has 0 bridgehead atoms. The Morgan fingerprint density at radius 1 is 1.47 bits per heavy atom. The first-order valence-electron chi connectivity index (χ1n) is 3.50. The fourth-order valence-electron chi connectivity index (χ4n) is 0.877. The van der Waals surface area contributed by atoms with E-state index >= 15 is 0 Å². The first-order valence-corrected chi connectivity index (χ1v) is 4.30. The summed E-state index contributed by atoms with van der Waals surface area (Å²) in [6.07, 6.45) is 0. The molecule has 0 heterocycles. The van der Waals surface area contributed by atoms with E-state index in [-0.39, 0.29) is 4.47 Å². The summed E-state index contributed by atoms with van der Waals surface area (Å²) >= 11 is 2.72. The molecule has 0 saturated heterocycles. The highest BCUT2D eigenvalue weighted by atomic mass is 79.9. The molecule has 0 aromatic heterocycles. The second-order valence-electron chi connectivity index (χ2n) is 2.34. The lowest BCUT2D eigenvalue weighted by molar-refractivity contribution is -0.388. The Kier molecular flexibility index (Phi) is 3.51. The van der Waals surface area contributed by atoms with E-state index in [0.29, 0.717) is 0 Å². The fourth-order valence-corrected chi connectivity index (χ4v) is 1.33. The van der Waals surface area contributed by atoms with Crippen molar-refractivity contribution >= 4 is 21.6 Å². The van der Waals surface area contributed by atoms with Crippen LogP contribution >= 0.6 is 15.9 Å². The normalized spacial score (nSPS) is 10.5. The topological polar surface area (TPSA) is 52.4 Å². The molecular formula is C7H3BrF3NO3. The summed E-state index contributed by atoms with van der Waals surface area (Å²) in [5.74, 6) is -2.30. The van der Waals surface area contributed by atoms with Gasteiger partial charge in [-0.2, -0.15) is 13.2 Å². The third kappa shape index (κ3) is 2.58. The van der Waals surface area contributed by atoms with E-state index in [1.54, 1.807) is 0 Å². The van der Waals surface area contributed by atoms with Gasteiger partial charge in [-0.25, -0.2) is 0 Å². The van der Waals surface area contributed by atoms with Crippen molar-refractivity contribution < 1.29 is 22.8 Å². The maximum absolute atomic E-state index is 13.2. The van der Waals surface area contributed by atoms with Crippen LogP contribution in [0.4, 0.5) is 18.9 Å². The van der Waals surface area contributed by atoms with Crippen molar-refractivity contribution in [2.24, 2.45) is 0 Å². The molecule has 0 aliphatic carbocycles. The molecule has 8 heteroatoms. The number of halogens is 4. The van der Waals surface area contributed by atoms with E-state index in [4.69, 9.17) is 0 Å². The van der Waals surface area contributed by atoms with E-state index < -0.39 is 28.8 Å². The lowest BCUT2D eigenvalue weighted by Gasteiger charge is -2.06. The minimum Gasteiger partial charge on any atom is -0.431 e. The maximum atomic E-state index is 13.2. The Hall–Kier alpha value is -1.31. The van der Waals surface area contributed by atoms with E-state index in [9.17, 15) is 23.3 Å². The highest BCUT2D eigenvalue weighted by Gasteiger charge is 2.24. The molecular weight excluding hydrogens is 283 g/mol. The largest absolute Gasteiger partial charge is 0.431 e. The second-order valence-corrected chi connectivity index (χ2v) is 3.20. The summed E-state index contributed by atoms with van der Waals surface area (Å²) in [5.41, 5.74) is -0.937. The van der Waals surface area contributed by atoms with Gasteiger partial charge in [0.25, 0.3) is 0 Å². The first kappa shape index (κ1) is 11.8. The van der Waals surface area contributed by atoms with E-state index in [1.165, 1.54) is 0 Å². The molecule has 0 fully saturated rings. The van der Waals surface area contributed by atoms with Crippen molar-refractivity contribution in [1.29, 1.82) is 0 Å². The molecule has 0 amide bonds. The number of benzene rings is 1. The van der Waals surface area contributed by atoms with E-state index in [1.807, 2.05) is 0 Å². The predicted octanol–water partition coefficient (Wildman–Crippen LogP) is 3.10. The number of nitro groups is 1. The van der Waals surface area contributed by atoms with Crippen LogP contribution in [0.3, 0.4) is 0 Å². The number of alkyl halides is 2. The van der Waals surface area contributed by atoms with Crippen LogP contribution in [0.25, 0.3) is 0 Å². The third-order valence-corrected chi connectivity index (χ3v) is 2.07. The molecule has 0 atom stereocenters. The van der Waals surface area contributed by atoms with Crippen LogP contribution in [-0.4, -0.2) is 11.5 Å². The molecule has 4 nitrogen and oxygen atoms in total. The molecule has 0 N–H and O–H groups in total. The minimum atomic E-state index is -3.24. The Balaban J connectivity index is 3.22. The van der Waals surface area contributed by atoms with Gasteiger partial charge >= 0.3 is 12.3 Å². The Morgan fingerprint density at radius 2 is 2.07 bits per heavy atom. The van der Waals surface area contributed by atoms with Crippen molar-refractivity contribution in [1.82, 2.24) is 0 Å². The highest BCUT2D eigenvalue weighted by molar-refractivity contribution is 9.10. The average molecular weight is 286 g/mol. The van der Waals surface area contributed by atoms with Crippen LogP contribution < -0.4 is 4.74 Å². The molecule has 0 unspecified atom stereocenters. The molecule has 15 heavy (non-hydrogen) atoms. The summed E-state index contributed by atoms with van der Waals surface area (Å²) in [6, 6.07) is 1.93. The van der Waals surface area contributed by atoms with Gasteiger partial charge in [0.05, 0.1) is 9.40 Å². The number of ether oxygens (including phenoxy) is 1. The van der Waals surface area contributed by atoms with Crippen LogP contribution in [0, 0.1) is 15.9 Å². The lowest BCUT2D eigenvalue weighted by Crippen LogP contribution is -2.05. The van der Waals surface area contributed by atoms with Crippen molar-refractivity contribution in [3.63, 3.8) is 0 Å². The lowest BCUT2D eigenvalue weighted by atomic mass is 10.3. The zero-order valence-electron chi connectivity index (χ0n) is 6.92. The Bertz CT molecular complexity index is 399. The SMILES string of the molecule is O=[N+]([O-])c1c(Br)ccc(OC(F)F)c1F. The maximum Gasteiger partial charge on any atom is 0.387 e. The van der Waals surface area contributed by atoms with Crippen LogP contribution in [0.1, 0.15) is 0 Å².